The van der Waals surface area contributed by atoms with Crippen LogP contribution in [0.25, 0.3) is 0 Å². The van der Waals surface area contributed by atoms with Gasteiger partial charge in [-0.15, -0.1) is 0 Å². The van der Waals surface area contributed by atoms with Crippen molar-refractivity contribution in [3.8, 4) is 0 Å². The SMILES string of the molecule is Cc1nn(CC(=O)N2CCOC[C@H]2C)c(C)c1N. The Morgan fingerprint density at radius 3 is 2.83 bits per heavy atom. The predicted molar refractivity (Wildman–Crippen MR) is 68.1 cm³/mol. The maximum atomic E-state index is 12.2. The van der Waals surface area contributed by atoms with Crippen molar-refractivity contribution in [1.29, 1.82) is 0 Å². The molecule has 6 nitrogen and oxygen atoms in total. The fourth-order valence-electron chi connectivity index (χ4n) is 2.18. The molecule has 2 N–H and O–H groups in total. The average molecular weight is 252 g/mol. The molecule has 0 aliphatic carbocycles. The molecule has 0 aromatic carbocycles. The molecule has 1 aliphatic heterocycles. The number of ether oxygens (including phenoxy) is 1. The van der Waals surface area contributed by atoms with Crippen LogP contribution in [0.4, 0.5) is 5.69 Å². The van der Waals surface area contributed by atoms with Gasteiger partial charge in [-0.2, -0.15) is 5.10 Å². The quantitative estimate of drug-likeness (QED) is 0.823. The molecule has 0 saturated carbocycles. The Morgan fingerprint density at radius 1 is 1.56 bits per heavy atom. The van der Waals surface area contributed by atoms with E-state index in [4.69, 9.17) is 10.5 Å². The van der Waals surface area contributed by atoms with Crippen molar-refractivity contribution in [3.05, 3.63) is 11.4 Å². The molecule has 1 atom stereocenters. The smallest absolute Gasteiger partial charge is 0.244 e. The van der Waals surface area contributed by atoms with Gasteiger partial charge in [0.05, 0.1) is 36.3 Å². The van der Waals surface area contributed by atoms with Crippen LogP contribution in [0, 0.1) is 13.8 Å². The number of nitrogens with two attached hydrogens (primary N) is 1. The van der Waals surface area contributed by atoms with E-state index in [0.29, 0.717) is 25.4 Å². The summed E-state index contributed by atoms with van der Waals surface area (Å²) >= 11 is 0. The summed E-state index contributed by atoms with van der Waals surface area (Å²) in [6.45, 7) is 7.82. The zero-order chi connectivity index (χ0) is 13.3. The molecule has 1 saturated heterocycles. The number of aromatic nitrogens is 2. The predicted octanol–water partition coefficient (Wildman–Crippen LogP) is 0.329. The van der Waals surface area contributed by atoms with E-state index in [2.05, 4.69) is 5.10 Å². The highest BCUT2D eigenvalue weighted by atomic mass is 16.5. The molecular weight excluding hydrogens is 232 g/mol. The molecule has 1 fully saturated rings. The lowest BCUT2D eigenvalue weighted by Gasteiger charge is -2.33. The topological polar surface area (TPSA) is 73.4 Å². The van der Waals surface area contributed by atoms with E-state index < -0.39 is 0 Å². The monoisotopic (exact) mass is 252 g/mol. The second-order valence-electron chi connectivity index (χ2n) is 4.75. The molecule has 0 radical (unpaired) electrons. The number of nitrogens with zero attached hydrogens (tertiary/aromatic N) is 3. The molecule has 2 heterocycles. The van der Waals surface area contributed by atoms with Gasteiger partial charge < -0.3 is 15.4 Å². The number of carbonyl (C=O) groups excluding carboxylic acids is 1. The third-order valence-corrected chi connectivity index (χ3v) is 3.41. The fraction of sp³-hybridized carbons (Fsp3) is 0.667. The standard InChI is InChI=1S/C12H20N4O2/c1-8-7-18-5-4-15(8)11(17)6-16-10(3)12(13)9(2)14-16/h8H,4-7,13H2,1-3H3/t8-/m1/s1. The van der Waals surface area contributed by atoms with Crippen LogP contribution in [-0.2, 0) is 16.1 Å². The van der Waals surface area contributed by atoms with Gasteiger partial charge in [0, 0.05) is 6.54 Å². The van der Waals surface area contributed by atoms with Crippen LogP contribution < -0.4 is 5.73 Å². The van der Waals surface area contributed by atoms with Gasteiger partial charge >= 0.3 is 0 Å². The summed E-state index contributed by atoms with van der Waals surface area (Å²) in [6, 6.07) is 0.126. The van der Waals surface area contributed by atoms with Gasteiger partial charge in [-0.05, 0) is 20.8 Å². The van der Waals surface area contributed by atoms with E-state index in [1.165, 1.54) is 0 Å². The molecule has 100 valence electrons. The number of aryl methyl sites for hydroxylation is 1. The average Bonchev–Trinajstić information content (AvgIpc) is 2.57. The number of hydrogen-bond acceptors (Lipinski definition) is 4. The first-order chi connectivity index (χ1) is 8.50. The highest BCUT2D eigenvalue weighted by Gasteiger charge is 2.24. The van der Waals surface area contributed by atoms with Gasteiger partial charge in [-0.3, -0.25) is 9.48 Å². The number of anilines is 1. The number of hydrogen-bond donors (Lipinski definition) is 1. The van der Waals surface area contributed by atoms with Crippen molar-refractivity contribution in [2.45, 2.75) is 33.4 Å². The Balaban J connectivity index is 2.08. The first kappa shape index (κ1) is 12.9. The van der Waals surface area contributed by atoms with Gasteiger partial charge in [0.15, 0.2) is 0 Å². The fourth-order valence-corrected chi connectivity index (χ4v) is 2.18. The third kappa shape index (κ3) is 2.33. The van der Waals surface area contributed by atoms with Crippen LogP contribution in [0.1, 0.15) is 18.3 Å². The summed E-state index contributed by atoms with van der Waals surface area (Å²) in [4.78, 5) is 14.1. The number of carbonyl (C=O) groups is 1. The van der Waals surface area contributed by atoms with Crippen molar-refractivity contribution in [3.63, 3.8) is 0 Å². The molecule has 1 aliphatic rings. The molecule has 1 aromatic heterocycles. The molecule has 1 aromatic rings. The van der Waals surface area contributed by atoms with Crippen LogP contribution in [0.5, 0.6) is 0 Å². The number of rotatable bonds is 2. The van der Waals surface area contributed by atoms with Crippen LogP contribution in [0.3, 0.4) is 0 Å². The summed E-state index contributed by atoms with van der Waals surface area (Å²) in [5, 5.41) is 4.28. The third-order valence-electron chi connectivity index (χ3n) is 3.41. The summed E-state index contributed by atoms with van der Waals surface area (Å²) in [5.41, 5.74) is 8.14. The van der Waals surface area contributed by atoms with Gasteiger partial charge in [-0.25, -0.2) is 0 Å². The molecule has 2 rings (SSSR count). The van der Waals surface area contributed by atoms with E-state index in [0.717, 1.165) is 11.4 Å². The molecule has 1 amide bonds. The van der Waals surface area contributed by atoms with Crippen molar-refractivity contribution in [2.24, 2.45) is 0 Å². The van der Waals surface area contributed by atoms with Crippen molar-refractivity contribution in [1.82, 2.24) is 14.7 Å². The second kappa shape index (κ2) is 4.97. The minimum absolute atomic E-state index is 0.0661. The number of morpholine rings is 1. The Morgan fingerprint density at radius 2 is 2.28 bits per heavy atom. The zero-order valence-corrected chi connectivity index (χ0v) is 11.1. The molecule has 0 unspecified atom stereocenters. The molecule has 6 heteroatoms. The Bertz CT molecular complexity index is 455. The van der Waals surface area contributed by atoms with E-state index in [1.807, 2.05) is 25.7 Å². The summed E-state index contributed by atoms with van der Waals surface area (Å²) in [6.07, 6.45) is 0. The zero-order valence-electron chi connectivity index (χ0n) is 11.1. The highest BCUT2D eigenvalue weighted by molar-refractivity contribution is 5.76. The van der Waals surface area contributed by atoms with Gasteiger partial charge in [-0.1, -0.05) is 0 Å². The van der Waals surface area contributed by atoms with E-state index >= 15 is 0 Å². The maximum absolute atomic E-state index is 12.2. The van der Waals surface area contributed by atoms with Crippen molar-refractivity contribution >= 4 is 11.6 Å². The largest absolute Gasteiger partial charge is 0.396 e. The minimum Gasteiger partial charge on any atom is -0.396 e. The van der Waals surface area contributed by atoms with Gasteiger partial charge in [0.1, 0.15) is 6.54 Å². The first-order valence-corrected chi connectivity index (χ1v) is 6.17. The first-order valence-electron chi connectivity index (χ1n) is 6.17. The highest BCUT2D eigenvalue weighted by Crippen LogP contribution is 2.15. The summed E-state index contributed by atoms with van der Waals surface area (Å²) in [7, 11) is 0. The molecule has 0 bridgehead atoms. The Hall–Kier alpha value is -1.56. The van der Waals surface area contributed by atoms with Crippen LogP contribution in [0.15, 0.2) is 0 Å². The normalized spacial score (nSPS) is 20.2. The second-order valence-corrected chi connectivity index (χ2v) is 4.75. The number of amides is 1. The summed E-state index contributed by atoms with van der Waals surface area (Å²) < 4.78 is 7.00. The van der Waals surface area contributed by atoms with Gasteiger partial charge in [0.2, 0.25) is 5.91 Å². The Labute approximate surface area is 107 Å². The van der Waals surface area contributed by atoms with Gasteiger partial charge in [0.25, 0.3) is 0 Å². The van der Waals surface area contributed by atoms with Crippen LogP contribution >= 0.6 is 0 Å². The summed E-state index contributed by atoms with van der Waals surface area (Å²) in [5.74, 6) is 0.0661. The van der Waals surface area contributed by atoms with E-state index in [9.17, 15) is 4.79 Å². The molecule has 18 heavy (non-hydrogen) atoms. The van der Waals surface area contributed by atoms with Crippen LogP contribution in [0.2, 0.25) is 0 Å². The molecular formula is C12H20N4O2. The van der Waals surface area contributed by atoms with E-state index in [-0.39, 0.29) is 18.5 Å². The lowest BCUT2D eigenvalue weighted by Crippen LogP contribution is -2.48. The minimum atomic E-state index is 0.0661. The molecule has 0 spiro atoms. The maximum Gasteiger partial charge on any atom is 0.244 e. The van der Waals surface area contributed by atoms with Crippen molar-refractivity contribution in [2.75, 3.05) is 25.5 Å². The number of nitrogen functional groups attached to an aromatic ring is 1. The Kier molecular flexibility index (Phi) is 3.56. The van der Waals surface area contributed by atoms with Crippen molar-refractivity contribution < 1.29 is 9.53 Å². The lowest BCUT2D eigenvalue weighted by molar-refractivity contribution is -0.140. The lowest BCUT2D eigenvalue weighted by atomic mass is 10.2. The van der Waals surface area contributed by atoms with Crippen LogP contribution in [-0.4, -0.2) is 46.4 Å². The van der Waals surface area contributed by atoms with E-state index in [1.54, 1.807) is 4.68 Å².